The van der Waals surface area contributed by atoms with Crippen LogP contribution < -0.4 is 14.4 Å². The van der Waals surface area contributed by atoms with Crippen LogP contribution in [0.25, 0.3) is 5.76 Å². The van der Waals surface area contributed by atoms with E-state index in [-0.39, 0.29) is 18.1 Å². The fourth-order valence-corrected chi connectivity index (χ4v) is 4.27. The maximum absolute atomic E-state index is 13.2. The van der Waals surface area contributed by atoms with Gasteiger partial charge in [0.15, 0.2) is 11.5 Å². The first-order valence-corrected chi connectivity index (χ1v) is 10.8. The number of amides is 1. The van der Waals surface area contributed by atoms with E-state index in [1.807, 2.05) is 54.6 Å². The zero-order chi connectivity index (χ0) is 23.1. The SMILES string of the molecule is CC(C)c1ccc(N2C(=O)C(=O)/C(=C(\O)c3ccc4c(c3)OCO4)C2c2ccccc2)cc1. The Bertz CT molecular complexity index is 1260. The van der Waals surface area contributed by atoms with E-state index in [9.17, 15) is 14.7 Å². The molecule has 1 atom stereocenters. The second-order valence-electron chi connectivity index (χ2n) is 8.39. The van der Waals surface area contributed by atoms with Crippen molar-refractivity contribution in [2.24, 2.45) is 0 Å². The van der Waals surface area contributed by atoms with E-state index in [0.29, 0.717) is 28.7 Å². The molecule has 1 saturated heterocycles. The number of rotatable bonds is 4. The second kappa shape index (κ2) is 8.13. The highest BCUT2D eigenvalue weighted by molar-refractivity contribution is 6.51. The van der Waals surface area contributed by atoms with Gasteiger partial charge in [-0.15, -0.1) is 0 Å². The van der Waals surface area contributed by atoms with Crippen molar-refractivity contribution in [3.8, 4) is 11.5 Å². The Hall–Kier alpha value is -4.06. The van der Waals surface area contributed by atoms with Gasteiger partial charge in [0.1, 0.15) is 5.76 Å². The third-order valence-electron chi connectivity index (χ3n) is 6.04. The molecule has 6 heteroatoms. The molecule has 166 valence electrons. The number of hydrogen-bond acceptors (Lipinski definition) is 5. The first kappa shape index (κ1) is 20.8. The van der Waals surface area contributed by atoms with Gasteiger partial charge in [-0.25, -0.2) is 0 Å². The number of aliphatic hydroxyl groups is 1. The molecule has 0 saturated carbocycles. The van der Waals surface area contributed by atoms with Crippen LogP contribution in [0.2, 0.25) is 0 Å². The molecule has 2 aliphatic rings. The van der Waals surface area contributed by atoms with Crippen molar-refractivity contribution >= 4 is 23.1 Å². The zero-order valence-electron chi connectivity index (χ0n) is 18.3. The largest absolute Gasteiger partial charge is 0.507 e. The molecular formula is C27H23NO5. The monoisotopic (exact) mass is 441 g/mol. The van der Waals surface area contributed by atoms with Crippen LogP contribution in [0, 0.1) is 0 Å². The highest BCUT2D eigenvalue weighted by Crippen LogP contribution is 2.43. The standard InChI is InChI=1S/C27H23NO5/c1-16(2)17-8-11-20(12-9-17)28-24(18-6-4-3-5-7-18)23(26(30)27(28)31)25(29)19-10-13-21-22(14-19)33-15-32-21/h3-14,16,24,29H,15H2,1-2H3/b25-23-. The van der Waals surface area contributed by atoms with Gasteiger partial charge >= 0.3 is 0 Å². The third-order valence-corrected chi connectivity index (χ3v) is 6.04. The molecule has 1 unspecified atom stereocenters. The van der Waals surface area contributed by atoms with Gasteiger partial charge in [-0.1, -0.05) is 56.3 Å². The Kier molecular flexibility index (Phi) is 5.13. The topological polar surface area (TPSA) is 76.1 Å². The van der Waals surface area contributed by atoms with Crippen LogP contribution in [0.4, 0.5) is 5.69 Å². The normalized spacial score (nSPS) is 18.9. The predicted octanol–water partition coefficient (Wildman–Crippen LogP) is 5.17. The van der Waals surface area contributed by atoms with Gasteiger partial charge in [0, 0.05) is 11.3 Å². The van der Waals surface area contributed by atoms with Crippen molar-refractivity contribution in [3.05, 3.63) is 95.1 Å². The summed E-state index contributed by atoms with van der Waals surface area (Å²) in [6.07, 6.45) is 0. The lowest BCUT2D eigenvalue weighted by Gasteiger charge is -2.25. The number of nitrogens with zero attached hydrogens (tertiary/aromatic N) is 1. The number of aliphatic hydroxyl groups excluding tert-OH is 1. The number of hydrogen-bond donors (Lipinski definition) is 1. The molecule has 5 rings (SSSR count). The van der Waals surface area contributed by atoms with Crippen LogP contribution in [-0.2, 0) is 9.59 Å². The van der Waals surface area contributed by atoms with Crippen LogP contribution in [0.3, 0.4) is 0 Å². The Balaban J connectivity index is 1.66. The summed E-state index contributed by atoms with van der Waals surface area (Å²) in [6.45, 7) is 4.29. The number of Topliss-reactive ketones (excluding diaryl/α,β-unsaturated/α-hetero) is 1. The number of carbonyl (C=O) groups excluding carboxylic acids is 2. The van der Waals surface area contributed by atoms with Gasteiger partial charge in [0.05, 0.1) is 11.6 Å². The maximum Gasteiger partial charge on any atom is 0.300 e. The lowest BCUT2D eigenvalue weighted by atomic mass is 9.95. The van der Waals surface area contributed by atoms with Crippen molar-refractivity contribution in [1.82, 2.24) is 0 Å². The number of carbonyl (C=O) groups is 2. The van der Waals surface area contributed by atoms with Gasteiger partial charge in [-0.2, -0.15) is 0 Å². The number of fused-ring (bicyclic) bond motifs is 1. The molecule has 3 aromatic carbocycles. The zero-order valence-corrected chi connectivity index (χ0v) is 18.3. The summed E-state index contributed by atoms with van der Waals surface area (Å²) in [7, 11) is 0. The van der Waals surface area contributed by atoms with Crippen LogP contribution >= 0.6 is 0 Å². The van der Waals surface area contributed by atoms with Crippen molar-refractivity contribution in [3.63, 3.8) is 0 Å². The molecule has 0 bridgehead atoms. The summed E-state index contributed by atoms with van der Waals surface area (Å²) in [4.78, 5) is 27.9. The summed E-state index contributed by atoms with van der Waals surface area (Å²) >= 11 is 0. The van der Waals surface area contributed by atoms with E-state index in [1.165, 1.54) is 4.90 Å². The van der Waals surface area contributed by atoms with Crippen LogP contribution in [0.15, 0.2) is 78.4 Å². The molecule has 33 heavy (non-hydrogen) atoms. The van der Waals surface area contributed by atoms with Gasteiger partial charge in [-0.3, -0.25) is 14.5 Å². The quantitative estimate of drug-likeness (QED) is 0.344. The van der Waals surface area contributed by atoms with E-state index >= 15 is 0 Å². The molecule has 2 aliphatic heterocycles. The lowest BCUT2D eigenvalue weighted by molar-refractivity contribution is -0.132. The van der Waals surface area contributed by atoms with Crippen molar-refractivity contribution in [2.45, 2.75) is 25.8 Å². The summed E-state index contributed by atoms with van der Waals surface area (Å²) in [5.74, 6) is -0.270. The van der Waals surface area contributed by atoms with Gasteiger partial charge in [-0.05, 0) is 47.4 Å². The maximum atomic E-state index is 13.2. The van der Waals surface area contributed by atoms with Crippen molar-refractivity contribution in [1.29, 1.82) is 0 Å². The predicted molar refractivity (Wildman–Crippen MR) is 124 cm³/mol. The minimum absolute atomic E-state index is 0.0398. The fraction of sp³-hybridized carbons (Fsp3) is 0.185. The molecular weight excluding hydrogens is 418 g/mol. The smallest absolute Gasteiger partial charge is 0.300 e. The number of anilines is 1. The Morgan fingerprint density at radius 1 is 0.939 bits per heavy atom. The van der Waals surface area contributed by atoms with E-state index < -0.39 is 17.7 Å². The minimum Gasteiger partial charge on any atom is -0.507 e. The van der Waals surface area contributed by atoms with Crippen LogP contribution in [-0.4, -0.2) is 23.6 Å². The average molecular weight is 441 g/mol. The van der Waals surface area contributed by atoms with E-state index in [0.717, 1.165) is 11.1 Å². The molecule has 0 spiro atoms. The number of ether oxygens (including phenoxy) is 2. The van der Waals surface area contributed by atoms with E-state index in [4.69, 9.17) is 9.47 Å². The van der Waals surface area contributed by atoms with E-state index in [1.54, 1.807) is 18.2 Å². The second-order valence-corrected chi connectivity index (χ2v) is 8.39. The Labute approximate surface area is 191 Å². The van der Waals surface area contributed by atoms with E-state index in [2.05, 4.69) is 13.8 Å². The van der Waals surface area contributed by atoms with Crippen LogP contribution in [0.1, 0.15) is 42.5 Å². The first-order chi connectivity index (χ1) is 16.0. The van der Waals surface area contributed by atoms with Gasteiger partial charge < -0.3 is 14.6 Å². The highest BCUT2D eigenvalue weighted by atomic mass is 16.7. The fourth-order valence-electron chi connectivity index (χ4n) is 4.27. The molecule has 0 radical (unpaired) electrons. The molecule has 0 aromatic heterocycles. The molecule has 1 fully saturated rings. The summed E-state index contributed by atoms with van der Waals surface area (Å²) in [5.41, 5.74) is 2.88. The lowest BCUT2D eigenvalue weighted by Crippen LogP contribution is -2.29. The highest BCUT2D eigenvalue weighted by Gasteiger charge is 2.47. The molecule has 6 nitrogen and oxygen atoms in total. The molecule has 1 amide bonds. The van der Waals surface area contributed by atoms with Gasteiger partial charge in [0.25, 0.3) is 11.7 Å². The summed E-state index contributed by atoms with van der Waals surface area (Å²) < 4.78 is 10.8. The van der Waals surface area contributed by atoms with Gasteiger partial charge in [0.2, 0.25) is 6.79 Å². The number of benzene rings is 3. The molecule has 3 aromatic rings. The first-order valence-electron chi connectivity index (χ1n) is 10.8. The minimum atomic E-state index is -0.762. The average Bonchev–Trinajstić information content (AvgIpc) is 3.41. The molecule has 0 aliphatic carbocycles. The van der Waals surface area contributed by atoms with Crippen molar-refractivity contribution in [2.75, 3.05) is 11.7 Å². The molecule has 2 heterocycles. The number of ketones is 1. The Morgan fingerprint density at radius 3 is 2.33 bits per heavy atom. The molecule has 1 N–H and O–H groups in total. The Morgan fingerprint density at radius 2 is 1.64 bits per heavy atom. The van der Waals surface area contributed by atoms with Crippen molar-refractivity contribution < 1.29 is 24.2 Å². The third kappa shape index (κ3) is 3.53. The van der Waals surface area contributed by atoms with Crippen LogP contribution in [0.5, 0.6) is 11.5 Å². The summed E-state index contributed by atoms with van der Waals surface area (Å²) in [6, 6.07) is 21.0. The summed E-state index contributed by atoms with van der Waals surface area (Å²) in [5, 5.41) is 11.2.